The van der Waals surface area contributed by atoms with Gasteiger partial charge in [-0.25, -0.2) is 4.98 Å². The zero-order valence-corrected chi connectivity index (χ0v) is 12.7. The third-order valence-electron chi connectivity index (χ3n) is 3.53. The molecule has 3 aromatic rings. The Bertz CT molecular complexity index is 811. The number of hydrogen-bond acceptors (Lipinski definition) is 3. The summed E-state index contributed by atoms with van der Waals surface area (Å²) in [6, 6.07) is 9.69. The average molecular weight is 302 g/mol. The molecule has 0 spiro atoms. The van der Waals surface area contributed by atoms with Crippen LogP contribution in [0.25, 0.3) is 22.4 Å². The van der Waals surface area contributed by atoms with Crippen molar-refractivity contribution < 1.29 is 4.74 Å². The Morgan fingerprint density at radius 1 is 1.29 bits per heavy atom. The molecule has 1 aromatic heterocycles. The molecule has 0 radical (unpaired) electrons. The Morgan fingerprint density at radius 2 is 2.10 bits per heavy atom. The van der Waals surface area contributed by atoms with Gasteiger partial charge >= 0.3 is 0 Å². The van der Waals surface area contributed by atoms with Gasteiger partial charge in [0.05, 0.1) is 34.4 Å². The number of imidazole rings is 1. The summed E-state index contributed by atoms with van der Waals surface area (Å²) in [5.41, 5.74) is 10.3. The first kappa shape index (κ1) is 13.8. The molecule has 1 heterocycles. The van der Waals surface area contributed by atoms with Crippen LogP contribution in [0, 0.1) is 0 Å². The lowest BCUT2D eigenvalue weighted by atomic mass is 10.1. The van der Waals surface area contributed by atoms with E-state index in [9.17, 15) is 0 Å². The summed E-state index contributed by atoms with van der Waals surface area (Å²) in [7, 11) is 1.60. The van der Waals surface area contributed by atoms with Crippen molar-refractivity contribution in [1.29, 1.82) is 0 Å². The number of halogens is 1. The number of nitrogens with zero attached hydrogens (tertiary/aromatic N) is 1. The number of hydrogen-bond donors (Lipinski definition) is 2. The lowest BCUT2D eigenvalue weighted by Crippen LogP contribution is -1.93. The van der Waals surface area contributed by atoms with E-state index in [1.807, 2.05) is 6.07 Å². The van der Waals surface area contributed by atoms with Crippen LogP contribution < -0.4 is 10.5 Å². The minimum atomic E-state index is 0.487. The maximum Gasteiger partial charge on any atom is 0.142 e. The molecule has 0 saturated heterocycles. The SMILES string of the molecule is CCc1ccc2nc(-c3cc(Cl)c(N)cc3OC)[nH]c2c1. The first-order chi connectivity index (χ1) is 10.1. The van der Waals surface area contributed by atoms with E-state index in [2.05, 4.69) is 29.0 Å². The molecule has 0 aliphatic rings. The molecule has 0 atom stereocenters. The quantitative estimate of drug-likeness (QED) is 0.718. The number of nitrogens with two attached hydrogens (primary N) is 1. The molecule has 3 rings (SSSR count). The Balaban J connectivity index is 2.18. The monoisotopic (exact) mass is 301 g/mol. The standard InChI is InChI=1S/C16H16ClN3O/c1-3-9-4-5-13-14(6-9)20-16(19-13)10-7-11(17)12(18)8-15(10)21-2/h4-8H,3,18H2,1-2H3,(H,19,20). The van der Waals surface area contributed by atoms with E-state index in [4.69, 9.17) is 22.1 Å². The number of ether oxygens (including phenoxy) is 1. The van der Waals surface area contributed by atoms with E-state index in [0.717, 1.165) is 28.8 Å². The molecule has 0 unspecified atom stereocenters. The highest BCUT2D eigenvalue weighted by Crippen LogP contribution is 2.35. The highest BCUT2D eigenvalue weighted by Gasteiger charge is 2.13. The number of anilines is 1. The first-order valence-corrected chi connectivity index (χ1v) is 7.12. The smallest absolute Gasteiger partial charge is 0.142 e. The van der Waals surface area contributed by atoms with Crippen LogP contribution in [0.3, 0.4) is 0 Å². The van der Waals surface area contributed by atoms with Gasteiger partial charge in [0.1, 0.15) is 11.6 Å². The fourth-order valence-electron chi connectivity index (χ4n) is 2.33. The lowest BCUT2D eigenvalue weighted by molar-refractivity contribution is 0.416. The molecule has 0 bridgehead atoms. The molecule has 3 N–H and O–H groups in total. The molecule has 4 nitrogen and oxygen atoms in total. The fourth-order valence-corrected chi connectivity index (χ4v) is 2.49. The van der Waals surface area contributed by atoms with Crippen LogP contribution in [0.2, 0.25) is 5.02 Å². The van der Waals surface area contributed by atoms with E-state index >= 15 is 0 Å². The van der Waals surface area contributed by atoms with Crippen LogP contribution in [0.15, 0.2) is 30.3 Å². The molecule has 0 aliphatic heterocycles. The number of rotatable bonds is 3. The Morgan fingerprint density at radius 3 is 2.81 bits per heavy atom. The summed E-state index contributed by atoms with van der Waals surface area (Å²) in [6.45, 7) is 2.13. The van der Waals surface area contributed by atoms with Crippen LogP contribution >= 0.6 is 11.6 Å². The van der Waals surface area contributed by atoms with Gasteiger partial charge in [-0.1, -0.05) is 24.6 Å². The zero-order chi connectivity index (χ0) is 15.0. The van der Waals surface area contributed by atoms with Gasteiger partial charge in [-0.3, -0.25) is 0 Å². The second-order valence-electron chi connectivity index (χ2n) is 4.86. The first-order valence-electron chi connectivity index (χ1n) is 6.74. The third-order valence-corrected chi connectivity index (χ3v) is 3.86. The van der Waals surface area contributed by atoms with Crippen molar-refractivity contribution in [2.24, 2.45) is 0 Å². The number of H-pyrrole nitrogens is 1. The summed E-state index contributed by atoms with van der Waals surface area (Å²) >= 11 is 6.12. The van der Waals surface area contributed by atoms with Gasteiger partial charge in [-0.05, 0) is 30.2 Å². The largest absolute Gasteiger partial charge is 0.496 e. The second kappa shape index (κ2) is 5.30. The highest BCUT2D eigenvalue weighted by molar-refractivity contribution is 6.33. The van der Waals surface area contributed by atoms with Gasteiger partial charge in [0.2, 0.25) is 0 Å². The Hall–Kier alpha value is -2.20. The number of benzene rings is 2. The minimum absolute atomic E-state index is 0.487. The normalized spacial score (nSPS) is 11.0. The predicted molar refractivity (Wildman–Crippen MR) is 86.9 cm³/mol. The second-order valence-corrected chi connectivity index (χ2v) is 5.27. The molecule has 0 aliphatic carbocycles. The van der Waals surface area contributed by atoms with Crippen LogP contribution in [0.5, 0.6) is 5.75 Å². The maximum absolute atomic E-state index is 6.12. The summed E-state index contributed by atoms with van der Waals surface area (Å²) in [4.78, 5) is 7.92. The summed E-state index contributed by atoms with van der Waals surface area (Å²) in [5.74, 6) is 1.36. The van der Waals surface area contributed by atoms with E-state index in [1.54, 1.807) is 19.2 Å². The van der Waals surface area contributed by atoms with Crippen LogP contribution in [-0.2, 0) is 6.42 Å². The van der Waals surface area contributed by atoms with Crippen molar-refractivity contribution in [3.8, 4) is 17.1 Å². The van der Waals surface area contributed by atoms with E-state index in [1.165, 1.54) is 5.56 Å². The van der Waals surface area contributed by atoms with E-state index in [0.29, 0.717) is 16.5 Å². The number of aromatic amines is 1. The van der Waals surface area contributed by atoms with Crippen LogP contribution in [0.4, 0.5) is 5.69 Å². The predicted octanol–water partition coefficient (Wildman–Crippen LogP) is 4.04. The van der Waals surface area contributed by atoms with Gasteiger partial charge in [0.15, 0.2) is 0 Å². The Labute approximate surface area is 127 Å². The van der Waals surface area contributed by atoms with Gasteiger partial charge < -0.3 is 15.5 Å². The molecule has 5 heteroatoms. The topological polar surface area (TPSA) is 63.9 Å². The number of methoxy groups -OCH3 is 1. The molecule has 2 aromatic carbocycles. The number of fused-ring (bicyclic) bond motifs is 1. The van der Waals surface area contributed by atoms with Crippen molar-refractivity contribution >= 4 is 28.3 Å². The van der Waals surface area contributed by atoms with Crippen molar-refractivity contribution in [3.63, 3.8) is 0 Å². The number of nitrogens with one attached hydrogen (secondary N) is 1. The van der Waals surface area contributed by atoms with E-state index in [-0.39, 0.29) is 0 Å². The van der Waals surface area contributed by atoms with Crippen molar-refractivity contribution in [2.45, 2.75) is 13.3 Å². The van der Waals surface area contributed by atoms with Crippen molar-refractivity contribution in [2.75, 3.05) is 12.8 Å². The number of nitrogen functional groups attached to an aromatic ring is 1. The van der Waals surface area contributed by atoms with Gasteiger partial charge in [-0.2, -0.15) is 0 Å². The summed E-state index contributed by atoms with van der Waals surface area (Å²) in [5, 5.41) is 0.487. The number of aryl methyl sites for hydroxylation is 1. The minimum Gasteiger partial charge on any atom is -0.496 e. The van der Waals surface area contributed by atoms with Gasteiger partial charge in [-0.15, -0.1) is 0 Å². The highest BCUT2D eigenvalue weighted by atomic mass is 35.5. The van der Waals surface area contributed by atoms with Crippen molar-refractivity contribution in [1.82, 2.24) is 9.97 Å². The molecule has 0 fully saturated rings. The molecule has 21 heavy (non-hydrogen) atoms. The van der Waals surface area contributed by atoms with Crippen molar-refractivity contribution in [3.05, 3.63) is 40.9 Å². The fraction of sp³-hybridized carbons (Fsp3) is 0.188. The lowest BCUT2D eigenvalue weighted by Gasteiger charge is -2.08. The van der Waals surface area contributed by atoms with E-state index < -0.39 is 0 Å². The summed E-state index contributed by atoms with van der Waals surface area (Å²) < 4.78 is 5.38. The van der Waals surface area contributed by atoms with Crippen LogP contribution in [-0.4, -0.2) is 17.1 Å². The zero-order valence-electron chi connectivity index (χ0n) is 11.9. The molecule has 108 valence electrons. The molecule has 0 saturated carbocycles. The van der Waals surface area contributed by atoms with Gasteiger partial charge in [0, 0.05) is 6.07 Å². The van der Waals surface area contributed by atoms with Crippen LogP contribution in [0.1, 0.15) is 12.5 Å². The molecule has 0 amide bonds. The molecular weight excluding hydrogens is 286 g/mol. The average Bonchev–Trinajstić information content (AvgIpc) is 2.92. The number of aromatic nitrogens is 2. The van der Waals surface area contributed by atoms with Gasteiger partial charge in [0.25, 0.3) is 0 Å². The third kappa shape index (κ3) is 2.43. The maximum atomic E-state index is 6.12. The summed E-state index contributed by atoms with van der Waals surface area (Å²) in [6.07, 6.45) is 0.987. The Kier molecular flexibility index (Phi) is 3.47. The molecular formula is C16H16ClN3O.